The molecule has 4 nitrogen and oxygen atoms in total. The van der Waals surface area contributed by atoms with E-state index in [1.54, 1.807) is 25.3 Å². The number of hydrogen-bond acceptors (Lipinski definition) is 4. The van der Waals surface area contributed by atoms with Crippen LogP contribution in [0, 0.1) is 5.82 Å². The summed E-state index contributed by atoms with van der Waals surface area (Å²) in [5, 5.41) is 10.2. The van der Waals surface area contributed by atoms with E-state index in [-0.39, 0.29) is 5.82 Å². The number of aliphatic hydroxyl groups excluding tert-OH is 1. The van der Waals surface area contributed by atoms with E-state index in [2.05, 4.69) is 16.7 Å². The van der Waals surface area contributed by atoms with Crippen LogP contribution in [0.25, 0.3) is 0 Å². The van der Waals surface area contributed by atoms with Crippen molar-refractivity contribution in [1.82, 2.24) is 9.80 Å². The average Bonchev–Trinajstić information content (AvgIpc) is 2.47. The molecule has 0 bridgehead atoms. The van der Waals surface area contributed by atoms with Crippen LogP contribution in [0.5, 0.6) is 0 Å². The highest BCUT2D eigenvalue weighted by Gasteiger charge is 2.25. The van der Waals surface area contributed by atoms with Crippen LogP contribution in [-0.2, 0) is 4.74 Å². The number of methoxy groups -OCH3 is 1. The van der Waals surface area contributed by atoms with Gasteiger partial charge in [0, 0.05) is 51.4 Å². The highest BCUT2D eigenvalue weighted by molar-refractivity contribution is 5.20. The minimum atomic E-state index is -0.774. The van der Waals surface area contributed by atoms with E-state index in [1.807, 2.05) is 0 Å². The van der Waals surface area contributed by atoms with Gasteiger partial charge in [-0.05, 0) is 13.0 Å². The van der Waals surface area contributed by atoms with Gasteiger partial charge in [-0.15, -0.1) is 0 Å². The lowest BCUT2D eigenvalue weighted by Crippen LogP contribution is -2.53. The van der Waals surface area contributed by atoms with E-state index in [9.17, 15) is 9.50 Å². The molecule has 1 saturated heterocycles. The Hall–Kier alpha value is -1.01. The highest BCUT2D eigenvalue weighted by Crippen LogP contribution is 2.19. The Labute approximate surface area is 126 Å². The second-order valence-electron chi connectivity index (χ2n) is 5.67. The normalized spacial score (nSPS) is 22.4. The zero-order chi connectivity index (χ0) is 15.2. The van der Waals surface area contributed by atoms with Gasteiger partial charge >= 0.3 is 0 Å². The number of rotatable bonds is 6. The van der Waals surface area contributed by atoms with Gasteiger partial charge in [-0.2, -0.15) is 0 Å². The lowest BCUT2D eigenvalue weighted by atomic mass is 10.1. The van der Waals surface area contributed by atoms with Crippen molar-refractivity contribution in [2.24, 2.45) is 0 Å². The van der Waals surface area contributed by atoms with Crippen LogP contribution in [-0.4, -0.2) is 67.4 Å². The summed E-state index contributed by atoms with van der Waals surface area (Å²) in [5.41, 5.74) is 0.381. The van der Waals surface area contributed by atoms with Crippen LogP contribution in [0.3, 0.4) is 0 Å². The molecule has 0 amide bonds. The van der Waals surface area contributed by atoms with Gasteiger partial charge in [0.25, 0.3) is 0 Å². The number of piperazine rings is 1. The first-order chi connectivity index (χ1) is 10.1. The number of halogens is 1. The maximum atomic E-state index is 13.7. The summed E-state index contributed by atoms with van der Waals surface area (Å²) in [7, 11) is 1.71. The number of nitrogens with zero attached hydrogens (tertiary/aromatic N) is 2. The maximum absolute atomic E-state index is 13.7. The molecular weight excluding hydrogens is 271 g/mol. The van der Waals surface area contributed by atoms with E-state index in [4.69, 9.17) is 4.74 Å². The first kappa shape index (κ1) is 16.4. The molecule has 1 N–H and O–H groups in total. The maximum Gasteiger partial charge on any atom is 0.129 e. The van der Waals surface area contributed by atoms with Gasteiger partial charge in [0.1, 0.15) is 5.82 Å². The molecule has 0 unspecified atom stereocenters. The molecule has 118 valence electrons. The number of benzene rings is 1. The van der Waals surface area contributed by atoms with E-state index in [1.165, 1.54) is 6.07 Å². The first-order valence-electron chi connectivity index (χ1n) is 7.49. The van der Waals surface area contributed by atoms with Crippen molar-refractivity contribution >= 4 is 0 Å². The van der Waals surface area contributed by atoms with E-state index in [0.717, 1.165) is 32.8 Å². The molecule has 0 aliphatic carbocycles. The van der Waals surface area contributed by atoms with Crippen LogP contribution < -0.4 is 0 Å². The molecule has 1 fully saturated rings. The van der Waals surface area contributed by atoms with E-state index >= 15 is 0 Å². The summed E-state index contributed by atoms with van der Waals surface area (Å²) in [6, 6.07) is 6.86. The third-order valence-electron chi connectivity index (χ3n) is 4.13. The molecule has 2 rings (SSSR count). The third-order valence-corrected chi connectivity index (χ3v) is 4.13. The van der Waals surface area contributed by atoms with Crippen molar-refractivity contribution in [3.63, 3.8) is 0 Å². The quantitative estimate of drug-likeness (QED) is 0.863. The predicted octanol–water partition coefficient (Wildman–Crippen LogP) is 1.51. The van der Waals surface area contributed by atoms with Gasteiger partial charge in [0.05, 0.1) is 12.7 Å². The van der Waals surface area contributed by atoms with Crippen molar-refractivity contribution in [1.29, 1.82) is 0 Å². The molecule has 0 radical (unpaired) electrons. The minimum absolute atomic E-state index is 0.336. The Morgan fingerprint density at radius 2 is 2.14 bits per heavy atom. The summed E-state index contributed by atoms with van der Waals surface area (Å²) in [4.78, 5) is 4.58. The Balaban J connectivity index is 1.86. The molecule has 1 aromatic rings. The predicted molar refractivity (Wildman–Crippen MR) is 80.7 cm³/mol. The minimum Gasteiger partial charge on any atom is -0.387 e. The van der Waals surface area contributed by atoms with Crippen LogP contribution in [0.2, 0.25) is 0 Å². The molecule has 1 heterocycles. The van der Waals surface area contributed by atoms with E-state index < -0.39 is 6.10 Å². The van der Waals surface area contributed by atoms with Gasteiger partial charge in [-0.1, -0.05) is 18.2 Å². The van der Waals surface area contributed by atoms with Crippen LogP contribution in [0.15, 0.2) is 24.3 Å². The molecular formula is C16H25FN2O2. The van der Waals surface area contributed by atoms with E-state index in [0.29, 0.717) is 18.2 Å². The average molecular weight is 296 g/mol. The van der Waals surface area contributed by atoms with Gasteiger partial charge in [-0.25, -0.2) is 4.39 Å². The smallest absolute Gasteiger partial charge is 0.129 e. The van der Waals surface area contributed by atoms with Crippen molar-refractivity contribution < 1.29 is 14.2 Å². The molecule has 1 aromatic carbocycles. The standard InChI is InChI=1S/C16H25FN2O2/c1-13-11-18(7-8-19(13)9-10-21-2)12-16(20)14-5-3-4-6-15(14)17/h3-6,13,16,20H,7-12H2,1-2H3/t13-,16-/m0/s1. The Morgan fingerprint density at radius 3 is 2.81 bits per heavy atom. The van der Waals surface area contributed by atoms with Crippen LogP contribution >= 0.6 is 0 Å². The molecule has 0 spiro atoms. The van der Waals surface area contributed by atoms with Crippen molar-refractivity contribution in [3.05, 3.63) is 35.6 Å². The summed E-state index contributed by atoms with van der Waals surface area (Å²) >= 11 is 0. The van der Waals surface area contributed by atoms with Crippen LogP contribution in [0.1, 0.15) is 18.6 Å². The van der Waals surface area contributed by atoms with Crippen LogP contribution in [0.4, 0.5) is 4.39 Å². The third kappa shape index (κ3) is 4.48. The molecule has 5 heteroatoms. The summed E-state index contributed by atoms with van der Waals surface area (Å²) in [6.07, 6.45) is -0.774. The fourth-order valence-corrected chi connectivity index (χ4v) is 2.87. The zero-order valence-electron chi connectivity index (χ0n) is 12.8. The number of aliphatic hydroxyl groups is 1. The summed E-state index contributed by atoms with van der Waals surface area (Å²) in [6.45, 7) is 7.05. The lowest BCUT2D eigenvalue weighted by Gasteiger charge is -2.40. The van der Waals surface area contributed by atoms with Gasteiger partial charge in [0.15, 0.2) is 0 Å². The largest absolute Gasteiger partial charge is 0.387 e. The molecule has 2 atom stereocenters. The first-order valence-corrected chi connectivity index (χ1v) is 7.49. The van der Waals surface area contributed by atoms with Gasteiger partial charge in [0.2, 0.25) is 0 Å². The molecule has 0 saturated carbocycles. The number of β-amino-alcohol motifs (C(OH)–C–C–N with tert-alkyl or cyclic N) is 1. The SMILES string of the molecule is COCCN1CCN(C[C@H](O)c2ccccc2F)C[C@@H]1C. The zero-order valence-corrected chi connectivity index (χ0v) is 12.8. The molecule has 21 heavy (non-hydrogen) atoms. The number of ether oxygens (including phenoxy) is 1. The summed E-state index contributed by atoms with van der Waals surface area (Å²) < 4.78 is 18.8. The lowest BCUT2D eigenvalue weighted by molar-refractivity contribution is 0.0323. The van der Waals surface area contributed by atoms with Crippen molar-refractivity contribution in [2.45, 2.75) is 19.1 Å². The second kappa shape index (κ2) is 7.84. The topological polar surface area (TPSA) is 35.9 Å². The fourth-order valence-electron chi connectivity index (χ4n) is 2.87. The van der Waals surface area contributed by atoms with Crippen molar-refractivity contribution in [3.8, 4) is 0 Å². The Morgan fingerprint density at radius 1 is 1.38 bits per heavy atom. The second-order valence-corrected chi connectivity index (χ2v) is 5.67. The van der Waals surface area contributed by atoms with Gasteiger partial charge in [-0.3, -0.25) is 9.80 Å². The monoisotopic (exact) mass is 296 g/mol. The number of hydrogen-bond donors (Lipinski definition) is 1. The fraction of sp³-hybridized carbons (Fsp3) is 0.625. The molecule has 1 aliphatic heterocycles. The Kier molecular flexibility index (Phi) is 6.11. The molecule has 1 aliphatic rings. The van der Waals surface area contributed by atoms with Crippen molar-refractivity contribution in [2.75, 3.05) is 46.4 Å². The summed E-state index contributed by atoms with van der Waals surface area (Å²) in [5.74, 6) is -0.336. The Bertz CT molecular complexity index is 444. The molecule has 0 aromatic heterocycles. The highest BCUT2D eigenvalue weighted by atomic mass is 19.1. The van der Waals surface area contributed by atoms with Gasteiger partial charge < -0.3 is 9.84 Å².